The summed E-state index contributed by atoms with van der Waals surface area (Å²) >= 11 is 9.13. The SMILES string of the molecule is CCCCOC(=O)c1c(NC(=O)c2sc3ccccc3c2Cl)sc2ccccc12. The first-order valence-corrected chi connectivity index (χ1v) is 11.3. The van der Waals surface area contributed by atoms with E-state index >= 15 is 0 Å². The van der Waals surface area contributed by atoms with Crippen LogP contribution in [-0.4, -0.2) is 18.5 Å². The van der Waals surface area contributed by atoms with Crippen LogP contribution in [0.5, 0.6) is 0 Å². The number of fused-ring (bicyclic) bond motifs is 2. The molecule has 7 heteroatoms. The summed E-state index contributed by atoms with van der Waals surface area (Å²) in [6.07, 6.45) is 1.73. The fourth-order valence-electron chi connectivity index (χ4n) is 3.04. The highest BCUT2D eigenvalue weighted by molar-refractivity contribution is 7.24. The van der Waals surface area contributed by atoms with Crippen molar-refractivity contribution in [2.45, 2.75) is 19.8 Å². The van der Waals surface area contributed by atoms with Gasteiger partial charge in [-0.2, -0.15) is 0 Å². The summed E-state index contributed by atoms with van der Waals surface area (Å²) in [5.74, 6) is -0.751. The second-order valence-corrected chi connectivity index (χ2v) is 8.97. The predicted octanol–water partition coefficient (Wildman–Crippen LogP) is 6.98. The van der Waals surface area contributed by atoms with Crippen molar-refractivity contribution in [1.29, 1.82) is 0 Å². The Balaban J connectivity index is 1.69. The van der Waals surface area contributed by atoms with Gasteiger partial charge >= 0.3 is 5.97 Å². The fraction of sp³-hybridized carbons (Fsp3) is 0.182. The van der Waals surface area contributed by atoms with Crippen LogP contribution in [0.25, 0.3) is 20.2 Å². The number of esters is 1. The molecule has 2 aromatic carbocycles. The molecule has 4 aromatic rings. The molecule has 0 bridgehead atoms. The van der Waals surface area contributed by atoms with Gasteiger partial charge in [0, 0.05) is 20.2 Å². The lowest BCUT2D eigenvalue weighted by Crippen LogP contribution is -2.14. The fourth-order valence-corrected chi connectivity index (χ4v) is 5.54. The number of hydrogen-bond donors (Lipinski definition) is 1. The Kier molecular flexibility index (Phi) is 5.85. The van der Waals surface area contributed by atoms with Gasteiger partial charge in [0.25, 0.3) is 5.91 Å². The average Bonchev–Trinajstić information content (AvgIpc) is 3.26. The van der Waals surface area contributed by atoms with Crippen LogP contribution in [0.2, 0.25) is 5.02 Å². The van der Waals surface area contributed by atoms with Crippen LogP contribution in [-0.2, 0) is 4.74 Å². The van der Waals surface area contributed by atoms with Crippen molar-refractivity contribution in [3.05, 3.63) is 64.0 Å². The van der Waals surface area contributed by atoms with Gasteiger partial charge < -0.3 is 10.1 Å². The molecule has 0 atom stereocenters. The molecule has 0 aliphatic carbocycles. The number of amides is 1. The first-order chi connectivity index (χ1) is 14.1. The molecule has 0 unspecified atom stereocenters. The number of ether oxygens (including phenoxy) is 1. The highest BCUT2D eigenvalue weighted by Gasteiger charge is 2.24. The number of carbonyl (C=O) groups is 2. The zero-order valence-corrected chi connectivity index (χ0v) is 18.0. The van der Waals surface area contributed by atoms with Gasteiger partial charge in [-0.05, 0) is 18.6 Å². The molecule has 2 heterocycles. The minimum Gasteiger partial charge on any atom is -0.462 e. The van der Waals surface area contributed by atoms with Crippen LogP contribution >= 0.6 is 34.3 Å². The Morgan fingerprint density at radius 3 is 2.34 bits per heavy atom. The van der Waals surface area contributed by atoms with Crippen molar-refractivity contribution in [3.63, 3.8) is 0 Å². The second kappa shape index (κ2) is 8.53. The molecule has 29 heavy (non-hydrogen) atoms. The zero-order chi connectivity index (χ0) is 20.4. The number of nitrogens with one attached hydrogen (secondary N) is 1. The molecule has 0 aliphatic heterocycles. The summed E-state index contributed by atoms with van der Waals surface area (Å²) in [5.41, 5.74) is 0.396. The lowest BCUT2D eigenvalue weighted by atomic mass is 10.1. The van der Waals surface area contributed by atoms with E-state index in [4.69, 9.17) is 16.3 Å². The molecule has 0 saturated carbocycles. The van der Waals surface area contributed by atoms with Crippen LogP contribution in [0.4, 0.5) is 5.00 Å². The number of unbranched alkanes of at least 4 members (excludes halogenated alkanes) is 1. The van der Waals surface area contributed by atoms with Gasteiger partial charge in [-0.3, -0.25) is 4.79 Å². The van der Waals surface area contributed by atoms with Gasteiger partial charge in [-0.15, -0.1) is 22.7 Å². The smallest absolute Gasteiger partial charge is 0.341 e. The van der Waals surface area contributed by atoms with E-state index in [0.29, 0.717) is 27.1 Å². The number of benzene rings is 2. The zero-order valence-electron chi connectivity index (χ0n) is 15.7. The van der Waals surface area contributed by atoms with Gasteiger partial charge in [0.1, 0.15) is 15.4 Å². The van der Waals surface area contributed by atoms with Gasteiger partial charge in [0.15, 0.2) is 0 Å². The summed E-state index contributed by atoms with van der Waals surface area (Å²) in [5, 5.41) is 5.42. The minimum atomic E-state index is -0.423. The largest absolute Gasteiger partial charge is 0.462 e. The van der Waals surface area contributed by atoms with E-state index < -0.39 is 5.97 Å². The number of halogens is 1. The van der Waals surface area contributed by atoms with E-state index in [9.17, 15) is 9.59 Å². The van der Waals surface area contributed by atoms with Crippen LogP contribution < -0.4 is 5.32 Å². The molecule has 0 fully saturated rings. The lowest BCUT2D eigenvalue weighted by Gasteiger charge is -2.07. The molecule has 1 amide bonds. The Labute approximate surface area is 181 Å². The third kappa shape index (κ3) is 3.88. The third-order valence-corrected chi connectivity index (χ3v) is 7.26. The Morgan fingerprint density at radius 2 is 1.66 bits per heavy atom. The number of rotatable bonds is 6. The first kappa shape index (κ1) is 19.9. The van der Waals surface area contributed by atoms with Crippen LogP contribution in [0.15, 0.2) is 48.5 Å². The summed E-state index contributed by atoms with van der Waals surface area (Å²) < 4.78 is 7.28. The number of thiophene rings is 2. The molecule has 0 saturated heterocycles. The maximum atomic E-state index is 13.0. The van der Waals surface area contributed by atoms with E-state index in [0.717, 1.165) is 33.0 Å². The van der Waals surface area contributed by atoms with E-state index in [2.05, 4.69) is 5.32 Å². The van der Waals surface area contributed by atoms with E-state index in [1.165, 1.54) is 22.7 Å². The van der Waals surface area contributed by atoms with Gasteiger partial charge in [0.2, 0.25) is 0 Å². The average molecular weight is 444 g/mol. The van der Waals surface area contributed by atoms with Gasteiger partial charge in [0.05, 0.1) is 11.6 Å². The first-order valence-electron chi connectivity index (χ1n) is 9.27. The van der Waals surface area contributed by atoms with E-state index in [-0.39, 0.29) is 5.91 Å². The van der Waals surface area contributed by atoms with Crippen molar-refractivity contribution in [3.8, 4) is 0 Å². The molecule has 1 N–H and O–H groups in total. The predicted molar refractivity (Wildman–Crippen MR) is 122 cm³/mol. The Bertz CT molecular complexity index is 1210. The maximum Gasteiger partial charge on any atom is 0.341 e. The van der Waals surface area contributed by atoms with Gasteiger partial charge in [-0.25, -0.2) is 4.79 Å². The quantitative estimate of drug-likeness (QED) is 0.258. The molecule has 0 aliphatic rings. The molecular weight excluding hydrogens is 426 g/mol. The number of carbonyl (C=O) groups excluding carboxylic acids is 2. The van der Waals surface area contributed by atoms with Gasteiger partial charge in [-0.1, -0.05) is 61.3 Å². The Hall–Kier alpha value is -2.41. The molecule has 4 rings (SSSR count). The number of anilines is 1. The molecule has 4 nitrogen and oxygen atoms in total. The summed E-state index contributed by atoms with van der Waals surface area (Å²) in [7, 11) is 0. The maximum absolute atomic E-state index is 13.0. The summed E-state index contributed by atoms with van der Waals surface area (Å²) in [4.78, 5) is 26.2. The third-order valence-electron chi connectivity index (χ3n) is 4.50. The van der Waals surface area contributed by atoms with Crippen LogP contribution in [0.1, 0.15) is 39.8 Å². The van der Waals surface area contributed by atoms with Crippen LogP contribution in [0.3, 0.4) is 0 Å². The number of hydrogen-bond acceptors (Lipinski definition) is 5. The lowest BCUT2D eigenvalue weighted by molar-refractivity contribution is 0.0503. The summed E-state index contributed by atoms with van der Waals surface area (Å²) in [6, 6.07) is 15.2. The molecule has 148 valence electrons. The monoisotopic (exact) mass is 443 g/mol. The van der Waals surface area contributed by atoms with E-state index in [1.807, 2.05) is 55.5 Å². The Morgan fingerprint density at radius 1 is 1.00 bits per heavy atom. The molecule has 2 aromatic heterocycles. The van der Waals surface area contributed by atoms with Crippen molar-refractivity contribution in [1.82, 2.24) is 0 Å². The van der Waals surface area contributed by atoms with Crippen molar-refractivity contribution in [2.75, 3.05) is 11.9 Å². The topological polar surface area (TPSA) is 55.4 Å². The van der Waals surface area contributed by atoms with Crippen molar-refractivity contribution < 1.29 is 14.3 Å². The highest BCUT2D eigenvalue weighted by atomic mass is 35.5. The molecule has 0 spiro atoms. The molecular formula is C22H18ClNO3S2. The second-order valence-electron chi connectivity index (χ2n) is 6.49. The van der Waals surface area contributed by atoms with E-state index in [1.54, 1.807) is 0 Å². The van der Waals surface area contributed by atoms with Crippen LogP contribution in [0, 0.1) is 0 Å². The standard InChI is InChI=1S/C22H18ClNO3S2/c1-2-3-12-27-22(26)17-13-8-4-6-10-15(13)29-21(17)24-20(25)19-18(23)14-9-5-7-11-16(14)28-19/h4-11H,2-3,12H2,1H3,(H,24,25). The molecule has 0 radical (unpaired) electrons. The van der Waals surface area contributed by atoms with Crippen molar-refractivity contribution in [2.24, 2.45) is 0 Å². The highest BCUT2D eigenvalue weighted by Crippen LogP contribution is 2.39. The normalized spacial score (nSPS) is 11.1. The summed E-state index contributed by atoms with van der Waals surface area (Å²) in [6.45, 7) is 2.39. The van der Waals surface area contributed by atoms with Crippen molar-refractivity contribution >= 4 is 71.3 Å². The minimum absolute atomic E-state index is 0.328.